The van der Waals surface area contributed by atoms with Crippen molar-refractivity contribution < 1.29 is 0 Å². The van der Waals surface area contributed by atoms with Gasteiger partial charge in [-0.2, -0.15) is 5.10 Å². The highest BCUT2D eigenvalue weighted by Gasteiger charge is 2.22. The Morgan fingerprint density at radius 3 is 1.53 bits per heavy atom. The molecule has 10 rings (SSSR count). The Morgan fingerprint density at radius 2 is 0.873 bits per heavy atom. The Morgan fingerprint density at radius 1 is 0.345 bits per heavy atom. The van der Waals surface area contributed by atoms with Gasteiger partial charge < -0.3 is 0 Å². The molecule has 0 aliphatic heterocycles. The first-order chi connectivity index (χ1) is 27.3. The lowest BCUT2D eigenvalue weighted by molar-refractivity contribution is 0.979. The summed E-state index contributed by atoms with van der Waals surface area (Å²) in [5, 5.41) is 7.60. The van der Waals surface area contributed by atoms with Gasteiger partial charge in [-0.05, 0) is 46.3 Å². The van der Waals surface area contributed by atoms with Crippen molar-refractivity contribution >= 4 is 16.3 Å². The van der Waals surface area contributed by atoms with Gasteiger partial charge in [-0.25, -0.2) is 14.5 Å². The third kappa shape index (κ3) is 6.06. The highest BCUT2D eigenvalue weighted by atomic mass is 15.2. The lowest BCUT2D eigenvalue weighted by Gasteiger charge is -2.13. The molecule has 0 spiro atoms. The Kier molecular flexibility index (Phi) is 8.12. The van der Waals surface area contributed by atoms with E-state index in [1.165, 1.54) is 5.56 Å². The third-order valence-corrected chi connectivity index (χ3v) is 10.2. The molecule has 0 aliphatic rings. The van der Waals surface area contributed by atoms with Crippen LogP contribution in [0.2, 0.25) is 0 Å². The molecule has 3 heterocycles. The van der Waals surface area contributed by atoms with Crippen LogP contribution >= 0.6 is 0 Å². The minimum absolute atomic E-state index is 0.665. The van der Waals surface area contributed by atoms with E-state index in [1.807, 2.05) is 18.2 Å². The van der Waals surface area contributed by atoms with Gasteiger partial charge >= 0.3 is 0 Å². The molecular formula is C51H34N4. The zero-order chi connectivity index (χ0) is 36.6. The van der Waals surface area contributed by atoms with E-state index in [0.29, 0.717) is 5.82 Å². The molecular weight excluding hydrogens is 669 g/mol. The molecule has 0 saturated heterocycles. The highest BCUT2D eigenvalue weighted by Crippen LogP contribution is 2.42. The average molecular weight is 703 g/mol. The lowest BCUT2D eigenvalue weighted by atomic mass is 9.96. The SMILES string of the molecule is c1ccc(-c2cccc(-c3cc(-c4ccccc4)nc(-c4ccc5cc(-c6ccccc6)n6nc(-c7ccccc7)c(-c7ccccc7)c6c5c4)n3)c2)cc1. The molecule has 0 aliphatic carbocycles. The Hall–Kier alpha value is -7.43. The second-order valence-electron chi connectivity index (χ2n) is 13.7. The summed E-state index contributed by atoms with van der Waals surface area (Å²) in [7, 11) is 0. The minimum Gasteiger partial charge on any atom is -0.231 e. The summed E-state index contributed by atoms with van der Waals surface area (Å²) in [6.07, 6.45) is 0. The largest absolute Gasteiger partial charge is 0.231 e. The van der Waals surface area contributed by atoms with Crippen LogP contribution in [0.25, 0.3) is 95.0 Å². The Labute approximate surface area is 319 Å². The molecule has 4 nitrogen and oxygen atoms in total. The van der Waals surface area contributed by atoms with E-state index in [2.05, 4.69) is 193 Å². The highest BCUT2D eigenvalue weighted by molar-refractivity contribution is 6.09. The van der Waals surface area contributed by atoms with Crippen LogP contribution in [-0.4, -0.2) is 19.6 Å². The van der Waals surface area contributed by atoms with Crippen LogP contribution in [0.4, 0.5) is 0 Å². The Balaban J connectivity index is 1.24. The monoisotopic (exact) mass is 702 g/mol. The summed E-state index contributed by atoms with van der Waals surface area (Å²) in [5.41, 5.74) is 14.4. The second-order valence-corrected chi connectivity index (χ2v) is 13.7. The van der Waals surface area contributed by atoms with Crippen LogP contribution in [0.5, 0.6) is 0 Å². The van der Waals surface area contributed by atoms with Crippen molar-refractivity contribution in [1.82, 2.24) is 19.6 Å². The third-order valence-electron chi connectivity index (χ3n) is 10.2. The summed E-state index contributed by atoms with van der Waals surface area (Å²) in [6, 6.07) is 72.0. The summed E-state index contributed by atoms with van der Waals surface area (Å²) in [4.78, 5) is 10.5. The first-order valence-electron chi connectivity index (χ1n) is 18.5. The predicted octanol–water partition coefficient (Wildman–Crippen LogP) is 12.9. The fraction of sp³-hybridized carbons (Fsp3) is 0. The van der Waals surface area contributed by atoms with E-state index >= 15 is 0 Å². The number of nitrogens with zero attached hydrogens (tertiary/aromatic N) is 4. The minimum atomic E-state index is 0.665. The molecule has 258 valence electrons. The van der Waals surface area contributed by atoms with Gasteiger partial charge in [0.25, 0.3) is 0 Å². The van der Waals surface area contributed by atoms with Gasteiger partial charge in [0, 0.05) is 38.8 Å². The molecule has 10 aromatic rings. The van der Waals surface area contributed by atoms with Crippen molar-refractivity contribution in [2.75, 3.05) is 0 Å². The van der Waals surface area contributed by atoms with E-state index in [9.17, 15) is 0 Å². The molecule has 3 aromatic heterocycles. The smallest absolute Gasteiger partial charge is 0.160 e. The predicted molar refractivity (Wildman–Crippen MR) is 226 cm³/mol. The van der Waals surface area contributed by atoms with Crippen molar-refractivity contribution in [3.05, 3.63) is 206 Å². The Bertz CT molecular complexity index is 2940. The maximum Gasteiger partial charge on any atom is 0.160 e. The van der Waals surface area contributed by atoms with Gasteiger partial charge in [0.15, 0.2) is 5.82 Å². The second kappa shape index (κ2) is 13.8. The molecule has 55 heavy (non-hydrogen) atoms. The summed E-state index contributed by atoms with van der Waals surface area (Å²) in [5.74, 6) is 0.665. The van der Waals surface area contributed by atoms with E-state index < -0.39 is 0 Å². The molecule has 0 amide bonds. The number of aromatic nitrogens is 4. The van der Waals surface area contributed by atoms with E-state index in [1.54, 1.807) is 0 Å². The molecule has 0 unspecified atom stereocenters. The fourth-order valence-corrected chi connectivity index (χ4v) is 7.54. The fourth-order valence-electron chi connectivity index (χ4n) is 7.54. The van der Waals surface area contributed by atoms with Crippen LogP contribution in [0, 0.1) is 0 Å². The number of pyridine rings is 1. The van der Waals surface area contributed by atoms with Crippen molar-refractivity contribution in [2.45, 2.75) is 0 Å². The number of fused-ring (bicyclic) bond motifs is 3. The maximum atomic E-state index is 5.41. The lowest BCUT2D eigenvalue weighted by Crippen LogP contribution is -1.98. The van der Waals surface area contributed by atoms with E-state index in [0.717, 1.165) is 83.6 Å². The maximum absolute atomic E-state index is 5.41. The first-order valence-corrected chi connectivity index (χ1v) is 18.5. The summed E-state index contributed by atoms with van der Waals surface area (Å²) >= 11 is 0. The molecule has 0 fully saturated rings. The van der Waals surface area contributed by atoms with Crippen LogP contribution in [-0.2, 0) is 0 Å². The first kappa shape index (κ1) is 32.2. The topological polar surface area (TPSA) is 43.1 Å². The van der Waals surface area contributed by atoms with Gasteiger partial charge in [-0.15, -0.1) is 0 Å². The van der Waals surface area contributed by atoms with Crippen molar-refractivity contribution in [1.29, 1.82) is 0 Å². The molecule has 0 radical (unpaired) electrons. The quantitative estimate of drug-likeness (QED) is 0.166. The summed E-state index contributed by atoms with van der Waals surface area (Å²) in [6.45, 7) is 0. The van der Waals surface area contributed by atoms with Gasteiger partial charge in [0.1, 0.15) is 5.69 Å². The van der Waals surface area contributed by atoms with Crippen LogP contribution < -0.4 is 0 Å². The molecule has 0 atom stereocenters. The van der Waals surface area contributed by atoms with E-state index in [4.69, 9.17) is 15.1 Å². The normalized spacial score (nSPS) is 11.3. The number of hydrogen-bond acceptors (Lipinski definition) is 3. The number of benzene rings is 7. The van der Waals surface area contributed by atoms with Crippen LogP contribution in [0.3, 0.4) is 0 Å². The molecule has 7 aromatic carbocycles. The number of hydrogen-bond donors (Lipinski definition) is 0. The molecule has 0 bridgehead atoms. The molecule has 0 saturated carbocycles. The van der Waals surface area contributed by atoms with Gasteiger partial charge in [-0.1, -0.05) is 182 Å². The standard InChI is InChI=1S/C51H34N4/c1-6-17-35(18-7-1)40-27-16-28-42(31-40)46-34-45(36-19-8-2-9-20-36)52-51(53-46)43-30-29-41-33-47(37-21-10-3-11-22-37)55-50(44(41)32-43)48(38-23-12-4-13-24-38)49(54-55)39-25-14-5-15-26-39/h1-34H. The van der Waals surface area contributed by atoms with Crippen LogP contribution in [0.15, 0.2) is 206 Å². The summed E-state index contributed by atoms with van der Waals surface area (Å²) < 4.78 is 2.13. The molecule has 4 heteroatoms. The van der Waals surface area contributed by atoms with Crippen molar-refractivity contribution in [3.63, 3.8) is 0 Å². The van der Waals surface area contributed by atoms with E-state index in [-0.39, 0.29) is 0 Å². The zero-order valence-corrected chi connectivity index (χ0v) is 29.9. The van der Waals surface area contributed by atoms with Gasteiger partial charge in [0.2, 0.25) is 0 Å². The van der Waals surface area contributed by atoms with Crippen molar-refractivity contribution in [2.24, 2.45) is 0 Å². The molecule has 0 N–H and O–H groups in total. The zero-order valence-electron chi connectivity index (χ0n) is 29.9. The average Bonchev–Trinajstić information content (AvgIpc) is 3.69. The van der Waals surface area contributed by atoms with Gasteiger partial charge in [-0.3, -0.25) is 0 Å². The van der Waals surface area contributed by atoms with Crippen LogP contribution in [0.1, 0.15) is 0 Å². The number of rotatable bonds is 7. The van der Waals surface area contributed by atoms with Gasteiger partial charge in [0.05, 0.1) is 22.6 Å². The van der Waals surface area contributed by atoms with Crippen molar-refractivity contribution in [3.8, 4) is 78.7 Å².